The van der Waals surface area contributed by atoms with Gasteiger partial charge in [-0.05, 0) is 29.3 Å². The number of nitrogens with zero attached hydrogens (tertiary/aromatic N) is 2. The molecule has 0 fully saturated rings. The minimum absolute atomic E-state index is 0.600. The molecule has 4 nitrogen and oxygen atoms in total. The van der Waals surface area contributed by atoms with Gasteiger partial charge in [0.05, 0.1) is 7.11 Å². The lowest BCUT2D eigenvalue weighted by atomic mass is 10.1. The molecule has 0 aliphatic rings. The van der Waals surface area contributed by atoms with Gasteiger partial charge in [-0.2, -0.15) is 0 Å². The van der Waals surface area contributed by atoms with E-state index in [-0.39, 0.29) is 0 Å². The third-order valence-electron chi connectivity index (χ3n) is 2.61. The Labute approximate surface area is 97.9 Å². The minimum atomic E-state index is 0.600. The van der Waals surface area contributed by atoms with Crippen LogP contribution in [-0.4, -0.2) is 17.1 Å². The van der Waals surface area contributed by atoms with E-state index in [1.54, 1.807) is 13.3 Å². The maximum atomic E-state index is 5.21. The first-order valence-electron chi connectivity index (χ1n) is 5.20. The number of rotatable bonds is 2. The fraction of sp³-hybridized carbons (Fsp3) is 0.0769. The predicted molar refractivity (Wildman–Crippen MR) is 63.8 cm³/mol. The first-order chi connectivity index (χ1) is 8.36. The van der Waals surface area contributed by atoms with Crippen molar-refractivity contribution in [2.75, 3.05) is 7.11 Å². The van der Waals surface area contributed by atoms with Crippen molar-refractivity contribution in [3.05, 3.63) is 42.9 Å². The van der Waals surface area contributed by atoms with Crippen LogP contribution in [0.4, 0.5) is 0 Å². The number of benzene rings is 1. The summed E-state index contributed by atoms with van der Waals surface area (Å²) in [6, 6.07) is 9.70. The summed E-state index contributed by atoms with van der Waals surface area (Å²) in [5.41, 5.74) is 3.74. The summed E-state index contributed by atoms with van der Waals surface area (Å²) in [6.07, 6.45) is 3.17. The Morgan fingerprint density at radius 2 is 1.94 bits per heavy atom. The van der Waals surface area contributed by atoms with Crippen molar-refractivity contribution in [2.24, 2.45) is 0 Å². The first-order valence-corrected chi connectivity index (χ1v) is 5.20. The minimum Gasteiger partial charge on any atom is -0.481 e. The van der Waals surface area contributed by atoms with E-state index >= 15 is 0 Å². The average Bonchev–Trinajstić information content (AvgIpc) is 2.86. The average molecular weight is 226 g/mol. The van der Waals surface area contributed by atoms with Crippen molar-refractivity contribution in [2.45, 2.75) is 0 Å². The van der Waals surface area contributed by atoms with Gasteiger partial charge in [-0.1, -0.05) is 6.07 Å². The molecule has 0 atom stereocenters. The van der Waals surface area contributed by atoms with Gasteiger partial charge in [-0.25, -0.2) is 9.97 Å². The SMILES string of the molecule is COc1cc(-c2ccc3ocnc3c2)ccn1. The summed E-state index contributed by atoms with van der Waals surface area (Å²) < 4.78 is 10.3. The zero-order chi connectivity index (χ0) is 11.7. The van der Waals surface area contributed by atoms with Crippen LogP contribution in [0.3, 0.4) is 0 Å². The molecule has 0 aliphatic carbocycles. The zero-order valence-corrected chi connectivity index (χ0v) is 9.25. The lowest BCUT2D eigenvalue weighted by Gasteiger charge is -2.03. The molecule has 2 aromatic heterocycles. The van der Waals surface area contributed by atoms with Crippen molar-refractivity contribution in [1.82, 2.24) is 9.97 Å². The molecular formula is C13H10N2O2. The van der Waals surface area contributed by atoms with Gasteiger partial charge >= 0.3 is 0 Å². The Hall–Kier alpha value is -2.36. The maximum absolute atomic E-state index is 5.21. The van der Waals surface area contributed by atoms with E-state index in [1.807, 2.05) is 30.3 Å². The van der Waals surface area contributed by atoms with Crippen molar-refractivity contribution >= 4 is 11.1 Å². The molecule has 0 bridgehead atoms. The Bertz CT molecular complexity index is 661. The largest absolute Gasteiger partial charge is 0.481 e. The van der Waals surface area contributed by atoms with Crippen molar-refractivity contribution in [3.8, 4) is 17.0 Å². The van der Waals surface area contributed by atoms with E-state index in [1.165, 1.54) is 6.39 Å². The molecular weight excluding hydrogens is 216 g/mol. The molecule has 0 spiro atoms. The summed E-state index contributed by atoms with van der Waals surface area (Å²) in [5.74, 6) is 0.600. The lowest BCUT2D eigenvalue weighted by molar-refractivity contribution is 0.398. The second-order valence-electron chi connectivity index (χ2n) is 3.62. The number of ether oxygens (including phenoxy) is 1. The molecule has 0 aliphatic heterocycles. The Balaban J connectivity index is 2.12. The smallest absolute Gasteiger partial charge is 0.213 e. The fourth-order valence-electron chi connectivity index (χ4n) is 1.74. The van der Waals surface area contributed by atoms with Crippen molar-refractivity contribution in [3.63, 3.8) is 0 Å². The Morgan fingerprint density at radius 1 is 1.06 bits per heavy atom. The van der Waals surface area contributed by atoms with E-state index in [9.17, 15) is 0 Å². The van der Waals surface area contributed by atoms with Crippen LogP contribution in [0.25, 0.3) is 22.2 Å². The summed E-state index contributed by atoms with van der Waals surface area (Å²) in [6.45, 7) is 0. The molecule has 0 amide bonds. The maximum Gasteiger partial charge on any atom is 0.213 e. The summed E-state index contributed by atoms with van der Waals surface area (Å²) >= 11 is 0. The van der Waals surface area contributed by atoms with Crippen LogP contribution in [0.15, 0.2) is 47.3 Å². The van der Waals surface area contributed by atoms with Gasteiger partial charge < -0.3 is 9.15 Å². The Kier molecular flexibility index (Phi) is 2.26. The molecule has 0 unspecified atom stereocenters. The van der Waals surface area contributed by atoms with Crippen molar-refractivity contribution < 1.29 is 9.15 Å². The van der Waals surface area contributed by atoms with Crippen LogP contribution in [0.2, 0.25) is 0 Å². The quantitative estimate of drug-likeness (QED) is 0.674. The molecule has 0 radical (unpaired) electrons. The highest BCUT2D eigenvalue weighted by Crippen LogP contribution is 2.25. The number of oxazole rings is 1. The topological polar surface area (TPSA) is 48.2 Å². The van der Waals surface area contributed by atoms with Crippen LogP contribution >= 0.6 is 0 Å². The second kappa shape index (κ2) is 3.90. The number of methoxy groups -OCH3 is 1. The van der Waals surface area contributed by atoms with Gasteiger partial charge in [0.2, 0.25) is 5.88 Å². The monoisotopic (exact) mass is 226 g/mol. The molecule has 0 saturated heterocycles. The van der Waals surface area contributed by atoms with Crippen LogP contribution in [-0.2, 0) is 0 Å². The summed E-state index contributed by atoms with van der Waals surface area (Å²) in [7, 11) is 1.60. The molecule has 3 aromatic rings. The molecule has 2 heterocycles. The van der Waals surface area contributed by atoms with Gasteiger partial charge in [0.15, 0.2) is 12.0 Å². The van der Waals surface area contributed by atoms with Gasteiger partial charge in [-0.15, -0.1) is 0 Å². The highest BCUT2D eigenvalue weighted by Gasteiger charge is 2.03. The first kappa shape index (κ1) is 9.84. The summed E-state index contributed by atoms with van der Waals surface area (Å²) in [4.78, 5) is 8.21. The molecule has 0 N–H and O–H groups in total. The molecule has 1 aromatic carbocycles. The number of pyridine rings is 1. The van der Waals surface area contributed by atoms with E-state index in [2.05, 4.69) is 9.97 Å². The number of fused-ring (bicyclic) bond motifs is 1. The summed E-state index contributed by atoms with van der Waals surface area (Å²) in [5, 5.41) is 0. The highest BCUT2D eigenvalue weighted by molar-refractivity contribution is 5.80. The normalized spacial score (nSPS) is 10.6. The third-order valence-corrected chi connectivity index (χ3v) is 2.61. The number of hydrogen-bond acceptors (Lipinski definition) is 4. The molecule has 84 valence electrons. The van der Waals surface area contributed by atoms with Crippen molar-refractivity contribution in [1.29, 1.82) is 0 Å². The molecule has 17 heavy (non-hydrogen) atoms. The number of aromatic nitrogens is 2. The predicted octanol–water partition coefficient (Wildman–Crippen LogP) is 2.90. The lowest BCUT2D eigenvalue weighted by Crippen LogP contribution is -1.87. The van der Waals surface area contributed by atoms with E-state index in [0.717, 1.165) is 22.2 Å². The molecule has 0 saturated carbocycles. The van der Waals surface area contributed by atoms with E-state index in [4.69, 9.17) is 9.15 Å². The van der Waals surface area contributed by atoms with E-state index < -0.39 is 0 Å². The van der Waals surface area contributed by atoms with Crippen LogP contribution in [0.5, 0.6) is 5.88 Å². The third kappa shape index (κ3) is 1.73. The van der Waals surface area contributed by atoms with Gasteiger partial charge in [0.25, 0.3) is 0 Å². The van der Waals surface area contributed by atoms with Gasteiger partial charge in [-0.3, -0.25) is 0 Å². The standard InChI is InChI=1S/C13H10N2O2/c1-16-13-7-10(4-5-14-13)9-2-3-12-11(6-9)15-8-17-12/h2-8H,1H3. The van der Waals surface area contributed by atoms with Crippen LogP contribution < -0.4 is 4.74 Å². The van der Waals surface area contributed by atoms with Crippen LogP contribution in [0, 0.1) is 0 Å². The van der Waals surface area contributed by atoms with Gasteiger partial charge in [0.1, 0.15) is 5.52 Å². The van der Waals surface area contributed by atoms with Gasteiger partial charge in [0, 0.05) is 12.3 Å². The second-order valence-corrected chi connectivity index (χ2v) is 3.62. The Morgan fingerprint density at radius 3 is 2.82 bits per heavy atom. The molecule has 3 rings (SSSR count). The molecule has 4 heteroatoms. The fourth-order valence-corrected chi connectivity index (χ4v) is 1.74. The highest BCUT2D eigenvalue weighted by atomic mass is 16.5. The number of hydrogen-bond donors (Lipinski definition) is 0. The zero-order valence-electron chi connectivity index (χ0n) is 9.25. The van der Waals surface area contributed by atoms with E-state index in [0.29, 0.717) is 5.88 Å². The van der Waals surface area contributed by atoms with Crippen LogP contribution in [0.1, 0.15) is 0 Å².